The minimum atomic E-state index is -0.414. The van der Waals surface area contributed by atoms with E-state index in [1.807, 2.05) is 42.5 Å². The van der Waals surface area contributed by atoms with Gasteiger partial charge in [0.2, 0.25) is 0 Å². The van der Waals surface area contributed by atoms with Crippen molar-refractivity contribution >= 4 is 6.09 Å². The van der Waals surface area contributed by atoms with Gasteiger partial charge in [-0.15, -0.1) is 13.2 Å². The molecule has 1 amide bonds. The van der Waals surface area contributed by atoms with Crippen LogP contribution in [-0.4, -0.2) is 22.5 Å². The number of hydrogen-bond acceptors (Lipinski definition) is 3. The first-order chi connectivity index (χ1) is 11.3. The van der Waals surface area contributed by atoms with E-state index in [0.717, 1.165) is 11.1 Å². The number of aromatic nitrogens is 1. The molecule has 118 valence electrons. The molecule has 0 bridgehead atoms. The quantitative estimate of drug-likeness (QED) is 0.722. The average molecular weight is 308 g/mol. The number of carbonyl (C=O) groups is 1. The van der Waals surface area contributed by atoms with Gasteiger partial charge in [0, 0.05) is 18.9 Å². The largest absolute Gasteiger partial charge is 0.445 e. The van der Waals surface area contributed by atoms with Crippen molar-refractivity contribution in [2.75, 3.05) is 6.54 Å². The van der Waals surface area contributed by atoms with Crippen molar-refractivity contribution in [2.24, 2.45) is 0 Å². The predicted molar refractivity (Wildman–Crippen MR) is 90.7 cm³/mol. The number of pyridine rings is 1. The SMILES string of the molecule is C=CCN(C(=O)OCc1ccccc1)[C@@H](C=C)c1cccnc1. The maximum Gasteiger partial charge on any atom is 0.411 e. The van der Waals surface area contributed by atoms with Gasteiger partial charge in [-0.1, -0.05) is 48.6 Å². The van der Waals surface area contributed by atoms with E-state index in [9.17, 15) is 4.79 Å². The zero-order chi connectivity index (χ0) is 16.5. The molecular weight excluding hydrogens is 288 g/mol. The van der Waals surface area contributed by atoms with E-state index < -0.39 is 6.09 Å². The minimum Gasteiger partial charge on any atom is -0.445 e. The number of ether oxygens (including phenoxy) is 1. The summed E-state index contributed by atoms with van der Waals surface area (Å²) < 4.78 is 5.42. The summed E-state index contributed by atoms with van der Waals surface area (Å²) in [5.41, 5.74) is 1.82. The van der Waals surface area contributed by atoms with E-state index in [4.69, 9.17) is 4.74 Å². The molecule has 0 fully saturated rings. The van der Waals surface area contributed by atoms with Gasteiger partial charge in [-0.25, -0.2) is 4.79 Å². The molecule has 23 heavy (non-hydrogen) atoms. The maximum absolute atomic E-state index is 12.5. The summed E-state index contributed by atoms with van der Waals surface area (Å²) in [6, 6.07) is 13.0. The standard InChI is InChI=1S/C19H20N2O2/c1-3-13-21(18(4-2)17-11-8-12-20-14-17)19(22)23-15-16-9-6-5-7-10-16/h3-12,14,18H,1-2,13,15H2/t18-/m0/s1. The summed E-state index contributed by atoms with van der Waals surface area (Å²) in [7, 11) is 0. The molecule has 0 N–H and O–H groups in total. The fourth-order valence-electron chi connectivity index (χ4n) is 2.24. The lowest BCUT2D eigenvalue weighted by Gasteiger charge is -2.28. The van der Waals surface area contributed by atoms with Crippen LogP contribution in [0.2, 0.25) is 0 Å². The molecule has 0 aliphatic rings. The molecule has 0 aliphatic carbocycles. The van der Waals surface area contributed by atoms with Crippen LogP contribution in [0.1, 0.15) is 17.2 Å². The van der Waals surface area contributed by atoms with Gasteiger partial charge in [0.15, 0.2) is 0 Å². The lowest BCUT2D eigenvalue weighted by atomic mass is 10.1. The topological polar surface area (TPSA) is 42.4 Å². The molecule has 4 heteroatoms. The van der Waals surface area contributed by atoms with E-state index in [1.54, 1.807) is 29.4 Å². The number of hydrogen-bond donors (Lipinski definition) is 0. The molecule has 0 saturated carbocycles. The molecule has 0 spiro atoms. The van der Waals surface area contributed by atoms with Crippen molar-refractivity contribution in [2.45, 2.75) is 12.6 Å². The molecule has 4 nitrogen and oxygen atoms in total. The van der Waals surface area contributed by atoms with Crippen molar-refractivity contribution in [1.29, 1.82) is 0 Å². The summed E-state index contributed by atoms with van der Waals surface area (Å²) in [5, 5.41) is 0. The third kappa shape index (κ3) is 4.54. The van der Waals surface area contributed by atoms with E-state index in [2.05, 4.69) is 18.1 Å². The highest BCUT2D eigenvalue weighted by Crippen LogP contribution is 2.22. The second-order valence-corrected chi connectivity index (χ2v) is 4.95. The van der Waals surface area contributed by atoms with Crippen molar-refractivity contribution in [3.63, 3.8) is 0 Å². The highest BCUT2D eigenvalue weighted by atomic mass is 16.6. The molecule has 0 unspecified atom stereocenters. The van der Waals surface area contributed by atoms with Crippen LogP contribution < -0.4 is 0 Å². The molecular formula is C19H20N2O2. The van der Waals surface area contributed by atoms with Gasteiger partial charge < -0.3 is 4.74 Å². The van der Waals surface area contributed by atoms with Crippen LogP contribution in [0.25, 0.3) is 0 Å². The molecule has 1 aromatic carbocycles. The minimum absolute atomic E-state index is 0.226. The third-order valence-electron chi connectivity index (χ3n) is 3.35. The Morgan fingerprint density at radius 1 is 1.22 bits per heavy atom. The number of rotatable bonds is 7. The van der Waals surface area contributed by atoms with Crippen molar-refractivity contribution in [3.8, 4) is 0 Å². The van der Waals surface area contributed by atoms with Gasteiger partial charge >= 0.3 is 6.09 Å². The van der Waals surface area contributed by atoms with Crippen LogP contribution in [-0.2, 0) is 11.3 Å². The van der Waals surface area contributed by atoms with Crippen molar-refractivity contribution in [1.82, 2.24) is 9.88 Å². The zero-order valence-corrected chi connectivity index (χ0v) is 13.0. The molecule has 2 rings (SSSR count). The first-order valence-electron chi connectivity index (χ1n) is 7.37. The molecule has 1 heterocycles. The summed E-state index contributed by atoms with van der Waals surface area (Å²) in [5.74, 6) is 0. The first-order valence-corrected chi connectivity index (χ1v) is 7.37. The Labute approximate surface area is 136 Å². The van der Waals surface area contributed by atoms with Gasteiger partial charge in [0.05, 0.1) is 6.04 Å². The predicted octanol–water partition coefficient (Wildman–Crippen LogP) is 4.13. The fraction of sp³-hybridized carbons (Fsp3) is 0.158. The Kier molecular flexibility index (Phi) is 6.12. The maximum atomic E-state index is 12.5. The van der Waals surface area contributed by atoms with Crippen LogP contribution in [0.3, 0.4) is 0 Å². The zero-order valence-electron chi connectivity index (χ0n) is 13.0. The van der Waals surface area contributed by atoms with Gasteiger partial charge in [0.25, 0.3) is 0 Å². The molecule has 0 radical (unpaired) electrons. The Bertz CT molecular complexity index is 641. The summed E-state index contributed by atoms with van der Waals surface area (Å²) >= 11 is 0. The smallest absolute Gasteiger partial charge is 0.411 e. The van der Waals surface area contributed by atoms with E-state index in [0.29, 0.717) is 6.54 Å². The molecule has 2 aromatic rings. The Hall–Kier alpha value is -2.88. The summed E-state index contributed by atoms with van der Waals surface area (Å²) in [6.45, 7) is 8.13. The Morgan fingerprint density at radius 2 is 2.00 bits per heavy atom. The first kappa shape index (κ1) is 16.5. The fourth-order valence-corrected chi connectivity index (χ4v) is 2.24. The highest BCUT2D eigenvalue weighted by Gasteiger charge is 2.23. The lowest BCUT2D eigenvalue weighted by Crippen LogP contribution is -2.34. The second-order valence-electron chi connectivity index (χ2n) is 4.95. The van der Waals surface area contributed by atoms with Crippen LogP contribution in [0.4, 0.5) is 4.79 Å². The Morgan fingerprint density at radius 3 is 2.61 bits per heavy atom. The summed E-state index contributed by atoms with van der Waals surface area (Å²) in [4.78, 5) is 18.1. The third-order valence-corrected chi connectivity index (χ3v) is 3.35. The lowest BCUT2D eigenvalue weighted by molar-refractivity contribution is 0.0917. The number of amides is 1. The van der Waals surface area contributed by atoms with E-state index >= 15 is 0 Å². The Balaban J connectivity index is 2.11. The van der Waals surface area contributed by atoms with Gasteiger partial charge in [-0.05, 0) is 17.2 Å². The van der Waals surface area contributed by atoms with Crippen molar-refractivity contribution < 1.29 is 9.53 Å². The van der Waals surface area contributed by atoms with E-state index in [1.165, 1.54) is 0 Å². The number of nitrogens with zero attached hydrogens (tertiary/aromatic N) is 2. The molecule has 0 aliphatic heterocycles. The van der Waals surface area contributed by atoms with Crippen LogP contribution >= 0.6 is 0 Å². The normalized spacial score (nSPS) is 11.3. The molecule has 0 saturated heterocycles. The van der Waals surface area contributed by atoms with Gasteiger partial charge in [-0.2, -0.15) is 0 Å². The number of carbonyl (C=O) groups excluding carboxylic acids is 1. The van der Waals surface area contributed by atoms with Gasteiger partial charge in [-0.3, -0.25) is 9.88 Å². The van der Waals surface area contributed by atoms with Gasteiger partial charge in [0.1, 0.15) is 6.61 Å². The highest BCUT2D eigenvalue weighted by molar-refractivity contribution is 5.69. The van der Waals surface area contributed by atoms with Crippen LogP contribution in [0.15, 0.2) is 80.2 Å². The second kappa shape index (κ2) is 8.54. The number of benzene rings is 1. The van der Waals surface area contributed by atoms with Crippen LogP contribution in [0, 0.1) is 0 Å². The molecule has 1 aromatic heterocycles. The average Bonchev–Trinajstić information content (AvgIpc) is 2.61. The van der Waals surface area contributed by atoms with Crippen LogP contribution in [0.5, 0.6) is 0 Å². The van der Waals surface area contributed by atoms with Crippen molar-refractivity contribution in [3.05, 3.63) is 91.3 Å². The van der Waals surface area contributed by atoms with E-state index in [-0.39, 0.29) is 12.6 Å². The summed E-state index contributed by atoms with van der Waals surface area (Å²) in [6.07, 6.45) is 6.35. The molecule has 1 atom stereocenters. The monoisotopic (exact) mass is 308 g/mol.